The SMILES string of the molecule is COc1ccc(C)cc1N(CC(=O)N/N=C(/C)c1ccc(NC(=O)c2ccccc2)cc1)S(=O)(=O)c1ccc(C)cc1. The van der Waals surface area contributed by atoms with Crippen molar-refractivity contribution < 1.29 is 22.7 Å². The largest absolute Gasteiger partial charge is 0.495 e. The number of benzene rings is 4. The monoisotopic (exact) mass is 584 g/mol. The third-order valence-electron chi connectivity index (χ3n) is 6.44. The number of hydrogen-bond acceptors (Lipinski definition) is 6. The molecule has 0 radical (unpaired) electrons. The Morgan fingerprint density at radius 3 is 2.12 bits per heavy atom. The molecule has 0 saturated carbocycles. The number of nitrogens with zero attached hydrogens (tertiary/aromatic N) is 2. The van der Waals surface area contributed by atoms with Gasteiger partial charge in [-0.2, -0.15) is 5.10 Å². The Morgan fingerprint density at radius 2 is 1.48 bits per heavy atom. The van der Waals surface area contributed by atoms with Gasteiger partial charge in [0.15, 0.2) is 0 Å². The Kier molecular flexibility index (Phi) is 9.39. The molecule has 9 nitrogen and oxygen atoms in total. The zero-order valence-corrected chi connectivity index (χ0v) is 24.6. The molecule has 2 amide bonds. The highest BCUT2D eigenvalue weighted by Gasteiger charge is 2.29. The minimum atomic E-state index is -4.13. The summed E-state index contributed by atoms with van der Waals surface area (Å²) < 4.78 is 33.9. The van der Waals surface area contributed by atoms with Gasteiger partial charge in [-0.15, -0.1) is 0 Å². The van der Waals surface area contributed by atoms with E-state index in [1.54, 1.807) is 85.8 Å². The first-order chi connectivity index (χ1) is 20.1. The fourth-order valence-corrected chi connectivity index (χ4v) is 5.52. The van der Waals surface area contributed by atoms with Gasteiger partial charge >= 0.3 is 0 Å². The van der Waals surface area contributed by atoms with E-state index in [0.29, 0.717) is 28.3 Å². The maximum Gasteiger partial charge on any atom is 0.264 e. The van der Waals surface area contributed by atoms with Crippen molar-refractivity contribution in [2.75, 3.05) is 23.3 Å². The molecule has 0 spiro atoms. The first-order valence-corrected chi connectivity index (χ1v) is 14.6. The lowest BCUT2D eigenvalue weighted by Gasteiger charge is -2.25. The van der Waals surface area contributed by atoms with Crippen LogP contribution in [0.3, 0.4) is 0 Å². The fraction of sp³-hybridized carbons (Fsp3) is 0.156. The summed E-state index contributed by atoms with van der Waals surface area (Å²) in [5.74, 6) is -0.556. The van der Waals surface area contributed by atoms with Crippen LogP contribution in [0.1, 0.15) is 34.0 Å². The fourth-order valence-electron chi connectivity index (χ4n) is 4.10. The number of carbonyl (C=O) groups excluding carboxylic acids is 2. The Morgan fingerprint density at radius 1 is 0.833 bits per heavy atom. The standard InChI is InChI=1S/C32H32N4O5S/c1-22-10-17-28(18-11-22)42(39,40)36(29-20-23(2)12-19-30(29)41-4)21-31(37)35-34-24(3)25-13-15-27(16-14-25)33-32(38)26-8-6-5-7-9-26/h5-20H,21H2,1-4H3,(H,33,38)(H,35,37)/b34-24-. The third kappa shape index (κ3) is 7.21. The number of rotatable bonds is 10. The minimum Gasteiger partial charge on any atom is -0.495 e. The predicted octanol–water partition coefficient (Wildman–Crippen LogP) is 5.30. The van der Waals surface area contributed by atoms with Crippen molar-refractivity contribution in [1.29, 1.82) is 0 Å². The summed E-state index contributed by atoms with van der Waals surface area (Å²) in [5, 5.41) is 7.02. The van der Waals surface area contributed by atoms with E-state index in [0.717, 1.165) is 15.4 Å². The number of nitrogens with one attached hydrogen (secondary N) is 2. The lowest BCUT2D eigenvalue weighted by Crippen LogP contribution is -2.40. The second-order valence-electron chi connectivity index (χ2n) is 9.63. The normalized spacial score (nSPS) is 11.5. The number of carbonyl (C=O) groups is 2. The van der Waals surface area contributed by atoms with E-state index in [4.69, 9.17) is 4.74 Å². The average Bonchev–Trinajstić information content (AvgIpc) is 2.99. The number of sulfonamides is 1. The van der Waals surface area contributed by atoms with Gasteiger partial charge in [0.05, 0.1) is 23.4 Å². The van der Waals surface area contributed by atoms with Crippen molar-refractivity contribution in [3.63, 3.8) is 0 Å². The van der Waals surface area contributed by atoms with E-state index in [2.05, 4.69) is 15.8 Å². The van der Waals surface area contributed by atoms with Gasteiger partial charge in [0.2, 0.25) is 0 Å². The van der Waals surface area contributed by atoms with Gasteiger partial charge in [0, 0.05) is 11.3 Å². The molecule has 0 atom stereocenters. The van der Waals surface area contributed by atoms with Crippen molar-refractivity contribution in [1.82, 2.24) is 5.43 Å². The second kappa shape index (κ2) is 13.1. The molecule has 216 valence electrons. The van der Waals surface area contributed by atoms with Crippen molar-refractivity contribution in [3.8, 4) is 5.75 Å². The van der Waals surface area contributed by atoms with Gasteiger partial charge in [0.1, 0.15) is 12.3 Å². The lowest BCUT2D eigenvalue weighted by atomic mass is 10.1. The number of anilines is 2. The molecule has 0 aliphatic heterocycles. The maximum atomic E-state index is 13.7. The first-order valence-electron chi connectivity index (χ1n) is 13.1. The van der Waals surface area contributed by atoms with Gasteiger partial charge in [0.25, 0.3) is 21.8 Å². The van der Waals surface area contributed by atoms with Crippen molar-refractivity contribution in [3.05, 3.63) is 119 Å². The second-order valence-corrected chi connectivity index (χ2v) is 11.5. The Bertz CT molecular complexity index is 1700. The molecule has 42 heavy (non-hydrogen) atoms. The zero-order valence-electron chi connectivity index (χ0n) is 23.8. The molecular weight excluding hydrogens is 552 g/mol. The molecule has 4 rings (SSSR count). The summed E-state index contributed by atoms with van der Waals surface area (Å²) in [6.45, 7) is 4.87. The van der Waals surface area contributed by atoms with Gasteiger partial charge in [-0.1, -0.05) is 54.1 Å². The maximum absolute atomic E-state index is 13.7. The van der Waals surface area contributed by atoms with Gasteiger partial charge in [-0.3, -0.25) is 13.9 Å². The van der Waals surface area contributed by atoms with Crippen LogP contribution in [0.15, 0.2) is 107 Å². The molecule has 0 bridgehead atoms. The highest BCUT2D eigenvalue weighted by atomic mass is 32.2. The molecule has 0 aliphatic rings. The summed E-state index contributed by atoms with van der Waals surface area (Å²) in [6.07, 6.45) is 0. The van der Waals surface area contributed by atoms with E-state index in [9.17, 15) is 18.0 Å². The average molecular weight is 585 g/mol. The van der Waals surface area contributed by atoms with Crippen LogP contribution in [-0.4, -0.2) is 39.6 Å². The summed E-state index contributed by atoms with van der Waals surface area (Å²) in [4.78, 5) is 25.5. The van der Waals surface area contributed by atoms with Crippen LogP contribution in [0.4, 0.5) is 11.4 Å². The lowest BCUT2D eigenvalue weighted by molar-refractivity contribution is -0.119. The van der Waals surface area contributed by atoms with Gasteiger partial charge in [-0.25, -0.2) is 13.8 Å². The van der Waals surface area contributed by atoms with Gasteiger partial charge in [-0.05, 0) is 80.4 Å². The van der Waals surface area contributed by atoms with Crippen molar-refractivity contribution >= 4 is 38.9 Å². The Balaban J connectivity index is 1.51. The molecule has 0 fully saturated rings. The molecule has 10 heteroatoms. The molecule has 0 heterocycles. The predicted molar refractivity (Wildman–Crippen MR) is 165 cm³/mol. The summed E-state index contributed by atoms with van der Waals surface area (Å²) in [6, 6.07) is 27.4. The number of ether oxygens (including phenoxy) is 1. The van der Waals surface area contributed by atoms with Crippen LogP contribution in [0.2, 0.25) is 0 Å². The van der Waals surface area contributed by atoms with Crippen molar-refractivity contribution in [2.24, 2.45) is 5.10 Å². The molecule has 4 aromatic rings. The summed E-state index contributed by atoms with van der Waals surface area (Å²) in [7, 11) is -2.69. The molecule has 4 aromatic carbocycles. The van der Waals surface area contributed by atoms with E-state index in [-0.39, 0.29) is 16.5 Å². The van der Waals surface area contributed by atoms with Crippen LogP contribution >= 0.6 is 0 Å². The summed E-state index contributed by atoms with van der Waals surface area (Å²) in [5.41, 5.74) is 6.76. The first kappa shape index (κ1) is 30.0. The highest BCUT2D eigenvalue weighted by Crippen LogP contribution is 2.33. The highest BCUT2D eigenvalue weighted by molar-refractivity contribution is 7.92. The molecule has 2 N–H and O–H groups in total. The van der Waals surface area contributed by atoms with Gasteiger partial charge < -0.3 is 10.1 Å². The minimum absolute atomic E-state index is 0.0450. The zero-order chi connectivity index (χ0) is 30.3. The topological polar surface area (TPSA) is 117 Å². The Labute approximate surface area is 245 Å². The summed E-state index contributed by atoms with van der Waals surface area (Å²) >= 11 is 0. The number of methoxy groups -OCH3 is 1. The van der Waals surface area contributed by atoms with E-state index in [1.165, 1.54) is 19.2 Å². The van der Waals surface area contributed by atoms with Crippen molar-refractivity contribution in [2.45, 2.75) is 25.7 Å². The molecule has 0 aromatic heterocycles. The van der Waals surface area contributed by atoms with E-state index in [1.807, 2.05) is 19.9 Å². The van der Waals surface area contributed by atoms with Crippen LogP contribution < -0.4 is 19.8 Å². The molecule has 0 saturated heterocycles. The van der Waals surface area contributed by atoms with Crippen LogP contribution in [-0.2, 0) is 14.8 Å². The molecule has 0 unspecified atom stereocenters. The number of hydrazone groups is 1. The Hall–Kier alpha value is -4.96. The van der Waals surface area contributed by atoms with E-state index < -0.39 is 22.5 Å². The quantitative estimate of drug-likeness (QED) is 0.194. The van der Waals surface area contributed by atoms with E-state index >= 15 is 0 Å². The van der Waals surface area contributed by atoms with Crippen LogP contribution in [0.5, 0.6) is 5.75 Å². The van der Waals surface area contributed by atoms with Crippen LogP contribution in [0, 0.1) is 13.8 Å². The number of amides is 2. The van der Waals surface area contributed by atoms with Crippen LogP contribution in [0.25, 0.3) is 0 Å². The smallest absolute Gasteiger partial charge is 0.264 e. The number of hydrogen-bond donors (Lipinski definition) is 2. The molecular formula is C32H32N4O5S. The molecule has 0 aliphatic carbocycles. The number of aryl methyl sites for hydroxylation is 2. The third-order valence-corrected chi connectivity index (χ3v) is 8.22.